The third kappa shape index (κ3) is 5.81. The molecule has 0 N–H and O–H groups in total. The molecule has 0 saturated heterocycles. The maximum atomic E-state index is 13.7. The van der Waals surface area contributed by atoms with Crippen LogP contribution in [0.15, 0.2) is 52.0 Å². The van der Waals surface area contributed by atoms with E-state index in [0.29, 0.717) is 11.3 Å². The Morgan fingerprint density at radius 1 is 1.17 bits per heavy atom. The summed E-state index contributed by atoms with van der Waals surface area (Å²) in [4.78, 5) is 11.4. The Kier molecular flexibility index (Phi) is 7.50. The smallest absolute Gasteiger partial charge is 0.302 e. The molecule has 1 aromatic rings. The minimum Gasteiger partial charge on any atom is -0.462 e. The number of hydrogen-bond acceptors (Lipinski definition) is 4. The van der Waals surface area contributed by atoms with Gasteiger partial charge in [0.1, 0.15) is 6.61 Å². The fourth-order valence-corrected chi connectivity index (χ4v) is 6.45. The molecule has 1 aliphatic carbocycles. The van der Waals surface area contributed by atoms with Crippen molar-refractivity contribution in [3.8, 4) is 0 Å². The second kappa shape index (κ2) is 9.29. The zero-order valence-electron chi connectivity index (χ0n) is 18.5. The molecule has 0 spiro atoms. The SMILES string of the molecule is CC(=O)OC/C=C(\C)CC(C1=C(C)CCCC1(C)C)S(=O)(=O)c1ccc(C)cc1. The van der Waals surface area contributed by atoms with Crippen LogP contribution in [0.4, 0.5) is 0 Å². The van der Waals surface area contributed by atoms with Crippen molar-refractivity contribution in [2.75, 3.05) is 6.61 Å². The summed E-state index contributed by atoms with van der Waals surface area (Å²) in [6.07, 6.45) is 5.21. The molecule has 0 fully saturated rings. The third-order valence-electron chi connectivity index (χ3n) is 5.81. The molecule has 0 bridgehead atoms. The predicted molar refractivity (Wildman–Crippen MR) is 117 cm³/mol. The highest BCUT2D eigenvalue weighted by Crippen LogP contribution is 2.46. The van der Waals surface area contributed by atoms with Crippen LogP contribution >= 0.6 is 0 Å². The fourth-order valence-electron chi connectivity index (χ4n) is 4.29. The van der Waals surface area contributed by atoms with Crippen LogP contribution in [-0.2, 0) is 19.4 Å². The van der Waals surface area contributed by atoms with Crippen LogP contribution in [0.3, 0.4) is 0 Å². The molecule has 5 heteroatoms. The molecular formula is C24H34O4S. The van der Waals surface area contributed by atoms with Crippen molar-refractivity contribution >= 4 is 15.8 Å². The van der Waals surface area contributed by atoms with Gasteiger partial charge in [-0.05, 0) is 75.7 Å². The number of allylic oxidation sites excluding steroid dienone is 2. The van der Waals surface area contributed by atoms with Crippen molar-refractivity contribution < 1.29 is 17.9 Å². The predicted octanol–water partition coefficient (Wildman–Crippen LogP) is 5.56. The van der Waals surface area contributed by atoms with Gasteiger partial charge in [0, 0.05) is 6.92 Å². The Morgan fingerprint density at radius 3 is 2.34 bits per heavy atom. The van der Waals surface area contributed by atoms with Crippen molar-refractivity contribution in [3.05, 3.63) is 52.6 Å². The normalized spacial score (nSPS) is 18.5. The summed E-state index contributed by atoms with van der Waals surface area (Å²) in [5.41, 5.74) is 4.01. The number of sulfone groups is 1. The van der Waals surface area contributed by atoms with Gasteiger partial charge in [0.25, 0.3) is 0 Å². The summed E-state index contributed by atoms with van der Waals surface area (Å²) in [5.74, 6) is -0.343. The number of carbonyl (C=O) groups is 1. The molecule has 0 amide bonds. The summed E-state index contributed by atoms with van der Waals surface area (Å²) in [6, 6.07) is 7.11. The molecule has 0 aromatic heterocycles. The number of ether oxygens (including phenoxy) is 1. The molecule has 160 valence electrons. The van der Waals surface area contributed by atoms with Crippen LogP contribution in [0.5, 0.6) is 0 Å². The first kappa shape index (κ1) is 23.4. The van der Waals surface area contributed by atoms with Gasteiger partial charge in [-0.2, -0.15) is 0 Å². The van der Waals surface area contributed by atoms with E-state index in [1.807, 2.05) is 32.1 Å². The van der Waals surface area contributed by atoms with Crippen molar-refractivity contribution in [3.63, 3.8) is 0 Å². The molecule has 1 atom stereocenters. The quantitative estimate of drug-likeness (QED) is 0.429. The lowest BCUT2D eigenvalue weighted by atomic mass is 9.71. The highest BCUT2D eigenvalue weighted by atomic mass is 32.2. The maximum absolute atomic E-state index is 13.7. The first-order valence-corrected chi connectivity index (χ1v) is 11.8. The molecule has 1 unspecified atom stereocenters. The van der Waals surface area contributed by atoms with Gasteiger partial charge in [-0.1, -0.05) is 42.7 Å². The zero-order chi connectivity index (χ0) is 21.8. The van der Waals surface area contributed by atoms with Crippen LogP contribution in [0.2, 0.25) is 0 Å². The Labute approximate surface area is 176 Å². The molecule has 0 radical (unpaired) electrons. The molecule has 1 aromatic carbocycles. The van der Waals surface area contributed by atoms with E-state index >= 15 is 0 Å². The second-order valence-corrected chi connectivity index (χ2v) is 11.0. The largest absolute Gasteiger partial charge is 0.462 e. The topological polar surface area (TPSA) is 60.4 Å². The van der Waals surface area contributed by atoms with E-state index in [2.05, 4.69) is 20.8 Å². The molecule has 1 aliphatic rings. The van der Waals surface area contributed by atoms with Gasteiger partial charge in [0.2, 0.25) is 0 Å². The van der Waals surface area contributed by atoms with Gasteiger partial charge in [-0.25, -0.2) is 8.42 Å². The average molecular weight is 419 g/mol. The molecule has 0 heterocycles. The number of benzene rings is 1. The van der Waals surface area contributed by atoms with Crippen LogP contribution in [0, 0.1) is 12.3 Å². The Hall–Kier alpha value is -1.88. The number of esters is 1. The monoisotopic (exact) mass is 418 g/mol. The van der Waals surface area contributed by atoms with Crippen molar-refractivity contribution in [1.82, 2.24) is 0 Å². The highest BCUT2D eigenvalue weighted by Gasteiger charge is 2.40. The van der Waals surface area contributed by atoms with Gasteiger partial charge in [0.05, 0.1) is 10.1 Å². The number of aryl methyl sites for hydroxylation is 1. The molecule has 0 saturated carbocycles. The summed E-state index contributed by atoms with van der Waals surface area (Å²) in [7, 11) is -3.56. The Morgan fingerprint density at radius 2 is 1.79 bits per heavy atom. The van der Waals surface area contributed by atoms with Crippen LogP contribution in [-0.4, -0.2) is 26.2 Å². The van der Waals surface area contributed by atoms with E-state index in [1.165, 1.54) is 12.5 Å². The molecular weight excluding hydrogens is 384 g/mol. The highest BCUT2D eigenvalue weighted by molar-refractivity contribution is 7.92. The molecule has 2 rings (SSSR count). The number of carbonyl (C=O) groups excluding carboxylic acids is 1. The lowest BCUT2D eigenvalue weighted by molar-refractivity contribution is -0.139. The summed E-state index contributed by atoms with van der Waals surface area (Å²) >= 11 is 0. The number of rotatable bonds is 7. The summed E-state index contributed by atoms with van der Waals surface area (Å²) in [5, 5.41) is -0.617. The van der Waals surface area contributed by atoms with E-state index in [1.54, 1.807) is 12.1 Å². The molecule has 29 heavy (non-hydrogen) atoms. The van der Waals surface area contributed by atoms with Crippen molar-refractivity contribution in [2.24, 2.45) is 5.41 Å². The maximum Gasteiger partial charge on any atom is 0.302 e. The summed E-state index contributed by atoms with van der Waals surface area (Å²) in [6.45, 7) is 11.8. The first-order valence-electron chi connectivity index (χ1n) is 10.2. The standard InChI is InChI=1S/C24H34O4S/c1-17-9-11-21(12-10-17)29(26,27)22(16-18(2)13-15-28-20(4)25)23-19(3)8-7-14-24(23,5)6/h9-13,22H,7-8,14-16H2,1-6H3/b18-13+. The van der Waals surface area contributed by atoms with Gasteiger partial charge in [-0.3, -0.25) is 4.79 Å². The first-order chi connectivity index (χ1) is 13.4. The van der Waals surface area contributed by atoms with Gasteiger partial charge >= 0.3 is 5.97 Å². The van der Waals surface area contributed by atoms with E-state index in [0.717, 1.165) is 36.0 Å². The van der Waals surface area contributed by atoms with E-state index in [9.17, 15) is 13.2 Å². The summed E-state index contributed by atoms with van der Waals surface area (Å²) < 4.78 is 32.5. The van der Waals surface area contributed by atoms with E-state index < -0.39 is 15.1 Å². The van der Waals surface area contributed by atoms with Crippen LogP contribution in [0.25, 0.3) is 0 Å². The average Bonchev–Trinajstić information content (AvgIpc) is 2.60. The minimum absolute atomic E-state index is 0.166. The minimum atomic E-state index is -3.56. The molecule has 4 nitrogen and oxygen atoms in total. The van der Waals surface area contributed by atoms with Gasteiger partial charge < -0.3 is 4.74 Å². The molecule has 0 aliphatic heterocycles. The van der Waals surface area contributed by atoms with E-state index in [4.69, 9.17) is 4.74 Å². The van der Waals surface area contributed by atoms with Crippen molar-refractivity contribution in [2.45, 2.75) is 77.4 Å². The number of hydrogen-bond donors (Lipinski definition) is 0. The van der Waals surface area contributed by atoms with Gasteiger partial charge in [-0.15, -0.1) is 0 Å². The second-order valence-electron chi connectivity index (χ2n) is 8.84. The van der Waals surface area contributed by atoms with Crippen LogP contribution < -0.4 is 0 Å². The zero-order valence-corrected chi connectivity index (χ0v) is 19.4. The van der Waals surface area contributed by atoms with Crippen LogP contribution in [0.1, 0.15) is 65.9 Å². The van der Waals surface area contributed by atoms with Crippen molar-refractivity contribution in [1.29, 1.82) is 0 Å². The van der Waals surface area contributed by atoms with E-state index in [-0.39, 0.29) is 18.0 Å². The lowest BCUT2D eigenvalue weighted by Crippen LogP contribution is -2.35. The Bertz CT molecular complexity index is 903. The lowest BCUT2D eigenvalue weighted by Gasteiger charge is -2.39. The fraction of sp³-hybridized carbons (Fsp3) is 0.542. The third-order valence-corrected chi connectivity index (χ3v) is 7.90. The Balaban J connectivity index is 2.51. The van der Waals surface area contributed by atoms with Gasteiger partial charge in [0.15, 0.2) is 9.84 Å².